The molecule has 0 spiro atoms. The van der Waals surface area contributed by atoms with E-state index in [0.29, 0.717) is 0 Å². The van der Waals surface area contributed by atoms with Crippen LogP contribution in [0.4, 0.5) is 0 Å². The third kappa shape index (κ3) is 3.80. The second-order valence-electron chi connectivity index (χ2n) is 0.823. The Kier molecular flexibility index (Phi) is 2.91. The van der Waals surface area contributed by atoms with E-state index in [4.69, 9.17) is 4.89 Å². The zero-order valence-corrected chi connectivity index (χ0v) is 4.19. The summed E-state index contributed by atoms with van der Waals surface area (Å²) in [7, 11) is -1.97. The molecule has 0 aliphatic carbocycles. The molecule has 35 valence electrons. The summed E-state index contributed by atoms with van der Waals surface area (Å²) in [5, 5.41) is 0. The highest BCUT2D eigenvalue weighted by Crippen LogP contribution is 2.10. The van der Waals surface area contributed by atoms with Gasteiger partial charge in [0.2, 0.25) is 8.03 Å². The Morgan fingerprint density at radius 1 is 2.00 bits per heavy atom. The molecule has 1 atom stereocenters. The Morgan fingerprint density at radius 2 is 2.50 bits per heavy atom. The standard InChI is InChI=1S/C3H6O2P/c1-2-3-6(4)5/h2H,1,3H2,(H,4,5). The molecule has 1 unspecified atom stereocenters. The molecule has 0 fully saturated rings. The monoisotopic (exact) mass is 105 g/mol. The summed E-state index contributed by atoms with van der Waals surface area (Å²) in [5.41, 5.74) is 0. The van der Waals surface area contributed by atoms with Crippen LogP contribution in [0.3, 0.4) is 0 Å². The van der Waals surface area contributed by atoms with E-state index < -0.39 is 8.03 Å². The molecule has 0 aliphatic heterocycles. The topological polar surface area (TPSA) is 37.3 Å². The smallest absolute Gasteiger partial charge is 0.213 e. The van der Waals surface area contributed by atoms with Crippen LogP contribution >= 0.6 is 8.03 Å². The fraction of sp³-hybridized carbons (Fsp3) is 0.333. The normalized spacial score (nSPS) is 10.5. The number of allylic oxidation sites excluding steroid dienone is 1. The van der Waals surface area contributed by atoms with Gasteiger partial charge in [-0.05, 0) is 0 Å². The molecule has 0 saturated carbocycles. The Hall–Kier alpha value is -0.200. The Bertz CT molecular complexity index is 69.2. The third-order valence-corrected chi connectivity index (χ3v) is 0.856. The quantitative estimate of drug-likeness (QED) is 0.418. The molecule has 0 amide bonds. The fourth-order valence-electron chi connectivity index (χ4n) is 0.110. The lowest BCUT2D eigenvalue weighted by Gasteiger charge is -1.75. The molecule has 0 heterocycles. The van der Waals surface area contributed by atoms with Gasteiger partial charge in [-0.15, -0.1) is 6.58 Å². The number of hydrogen-bond acceptors (Lipinski definition) is 1. The molecule has 0 aromatic rings. The minimum absolute atomic E-state index is 0.204. The van der Waals surface area contributed by atoms with E-state index in [2.05, 4.69) is 6.58 Å². The van der Waals surface area contributed by atoms with Gasteiger partial charge in [-0.3, -0.25) is 4.57 Å². The highest BCUT2D eigenvalue weighted by atomic mass is 31.1. The first kappa shape index (κ1) is 5.80. The molecule has 3 heteroatoms. The molecular formula is C3H6O2P. The molecule has 0 aromatic heterocycles. The first-order chi connectivity index (χ1) is 2.77. The first-order valence-electron chi connectivity index (χ1n) is 1.52. The van der Waals surface area contributed by atoms with Crippen molar-refractivity contribution < 1.29 is 9.46 Å². The van der Waals surface area contributed by atoms with Crippen LogP contribution in [0.1, 0.15) is 0 Å². The van der Waals surface area contributed by atoms with E-state index in [1.165, 1.54) is 6.08 Å². The average Bonchev–Trinajstić information content (AvgIpc) is 1.35. The molecular weight excluding hydrogens is 99.0 g/mol. The molecule has 0 saturated heterocycles. The predicted molar refractivity (Wildman–Crippen MR) is 24.9 cm³/mol. The van der Waals surface area contributed by atoms with Gasteiger partial charge in [0.05, 0.1) is 6.16 Å². The summed E-state index contributed by atoms with van der Waals surface area (Å²) in [6.07, 6.45) is 1.62. The fourth-order valence-corrected chi connectivity index (χ4v) is 0.331. The molecule has 0 bridgehead atoms. The summed E-state index contributed by atoms with van der Waals surface area (Å²) in [6, 6.07) is 0. The molecule has 1 N–H and O–H groups in total. The molecule has 0 rings (SSSR count). The van der Waals surface area contributed by atoms with Crippen molar-refractivity contribution in [1.82, 2.24) is 0 Å². The van der Waals surface area contributed by atoms with Crippen LogP contribution in [0.5, 0.6) is 0 Å². The van der Waals surface area contributed by atoms with Crippen LogP contribution in [-0.2, 0) is 4.57 Å². The predicted octanol–water partition coefficient (Wildman–Crippen LogP) is 0.907. The summed E-state index contributed by atoms with van der Waals surface area (Å²) < 4.78 is 9.68. The van der Waals surface area contributed by atoms with Crippen LogP contribution in [0.2, 0.25) is 0 Å². The van der Waals surface area contributed by atoms with E-state index in [0.717, 1.165) is 0 Å². The Labute approximate surface area is 37.4 Å². The largest absolute Gasteiger partial charge is 0.320 e. The maximum absolute atomic E-state index is 9.68. The summed E-state index contributed by atoms with van der Waals surface area (Å²) in [5.74, 6) is 0. The first-order valence-corrected chi connectivity index (χ1v) is 2.91. The lowest BCUT2D eigenvalue weighted by Crippen LogP contribution is -1.61. The summed E-state index contributed by atoms with van der Waals surface area (Å²) >= 11 is 0. The van der Waals surface area contributed by atoms with E-state index in [1.807, 2.05) is 0 Å². The van der Waals surface area contributed by atoms with Gasteiger partial charge in [0.1, 0.15) is 0 Å². The highest BCUT2D eigenvalue weighted by molar-refractivity contribution is 7.38. The summed E-state index contributed by atoms with van der Waals surface area (Å²) in [4.78, 5) is 7.99. The molecule has 2 nitrogen and oxygen atoms in total. The van der Waals surface area contributed by atoms with E-state index in [-0.39, 0.29) is 6.16 Å². The highest BCUT2D eigenvalue weighted by Gasteiger charge is 1.81. The van der Waals surface area contributed by atoms with Gasteiger partial charge in [0.15, 0.2) is 0 Å². The van der Waals surface area contributed by atoms with Gasteiger partial charge in [-0.1, -0.05) is 6.08 Å². The van der Waals surface area contributed by atoms with Gasteiger partial charge in [0.25, 0.3) is 0 Å². The van der Waals surface area contributed by atoms with Crippen molar-refractivity contribution in [3.05, 3.63) is 12.7 Å². The lowest BCUT2D eigenvalue weighted by molar-refractivity contribution is 0.506. The van der Waals surface area contributed by atoms with Crippen molar-refractivity contribution in [3.63, 3.8) is 0 Å². The molecule has 0 aromatic carbocycles. The van der Waals surface area contributed by atoms with Crippen LogP contribution in [0.25, 0.3) is 0 Å². The zero-order chi connectivity index (χ0) is 4.99. The summed E-state index contributed by atoms with van der Waals surface area (Å²) in [6.45, 7) is 3.26. The van der Waals surface area contributed by atoms with E-state index in [9.17, 15) is 4.57 Å². The van der Waals surface area contributed by atoms with E-state index in [1.54, 1.807) is 0 Å². The van der Waals surface area contributed by atoms with Crippen LogP contribution in [-0.4, -0.2) is 11.1 Å². The van der Waals surface area contributed by atoms with Crippen LogP contribution in [0, 0.1) is 0 Å². The van der Waals surface area contributed by atoms with Crippen molar-refractivity contribution in [2.75, 3.05) is 6.16 Å². The maximum Gasteiger partial charge on any atom is 0.213 e. The van der Waals surface area contributed by atoms with Crippen LogP contribution in [0.15, 0.2) is 12.7 Å². The van der Waals surface area contributed by atoms with Gasteiger partial charge in [0, 0.05) is 0 Å². The molecule has 1 radical (unpaired) electrons. The van der Waals surface area contributed by atoms with Crippen molar-refractivity contribution in [3.8, 4) is 0 Å². The van der Waals surface area contributed by atoms with E-state index >= 15 is 0 Å². The lowest BCUT2D eigenvalue weighted by atomic mass is 10.8. The van der Waals surface area contributed by atoms with Gasteiger partial charge >= 0.3 is 0 Å². The van der Waals surface area contributed by atoms with Gasteiger partial charge in [-0.2, -0.15) is 0 Å². The SMILES string of the molecule is C=CC[P](=O)O. The molecule has 0 aliphatic rings. The number of rotatable bonds is 2. The maximum atomic E-state index is 9.68. The minimum Gasteiger partial charge on any atom is -0.320 e. The number of hydrogen-bond donors (Lipinski definition) is 1. The second kappa shape index (κ2) is 3.01. The van der Waals surface area contributed by atoms with Gasteiger partial charge in [-0.25, -0.2) is 0 Å². The Balaban J connectivity index is 3.05. The van der Waals surface area contributed by atoms with Crippen molar-refractivity contribution in [2.24, 2.45) is 0 Å². The zero-order valence-electron chi connectivity index (χ0n) is 3.29. The average molecular weight is 105 g/mol. The third-order valence-electron chi connectivity index (χ3n) is 0.285. The second-order valence-corrected chi connectivity index (χ2v) is 1.89. The van der Waals surface area contributed by atoms with Crippen LogP contribution < -0.4 is 0 Å². The van der Waals surface area contributed by atoms with Gasteiger partial charge < -0.3 is 4.89 Å². The van der Waals surface area contributed by atoms with Crippen molar-refractivity contribution >= 4 is 8.03 Å². The Morgan fingerprint density at radius 3 is 2.50 bits per heavy atom. The van der Waals surface area contributed by atoms with Crippen molar-refractivity contribution in [1.29, 1.82) is 0 Å². The van der Waals surface area contributed by atoms with Crippen molar-refractivity contribution in [2.45, 2.75) is 0 Å². The molecule has 6 heavy (non-hydrogen) atoms. The minimum atomic E-state index is -1.97.